The van der Waals surface area contributed by atoms with Crippen molar-refractivity contribution in [3.05, 3.63) is 18.0 Å². The van der Waals surface area contributed by atoms with E-state index in [-0.39, 0.29) is 5.41 Å². The summed E-state index contributed by atoms with van der Waals surface area (Å²) in [4.78, 5) is 0. The highest BCUT2D eigenvalue weighted by molar-refractivity contribution is 5.14. The number of hydrogen-bond acceptors (Lipinski definition) is 2. The Labute approximate surface area is 103 Å². The van der Waals surface area contributed by atoms with Gasteiger partial charge in [0, 0.05) is 13.2 Å². The van der Waals surface area contributed by atoms with Gasteiger partial charge in [-0.2, -0.15) is 10.4 Å². The molecule has 1 aromatic heterocycles. The fraction of sp³-hybridized carbons (Fsp3) is 0.714. The van der Waals surface area contributed by atoms with Gasteiger partial charge in [-0.3, -0.25) is 4.68 Å². The van der Waals surface area contributed by atoms with Crippen LogP contribution in [-0.2, 0) is 13.5 Å². The van der Waals surface area contributed by atoms with E-state index < -0.39 is 0 Å². The van der Waals surface area contributed by atoms with Crippen molar-refractivity contribution in [1.29, 1.82) is 5.26 Å². The molecule has 1 heterocycles. The first-order valence-corrected chi connectivity index (χ1v) is 6.56. The third-order valence-corrected chi connectivity index (χ3v) is 4.06. The molecule has 3 nitrogen and oxygen atoms in total. The number of rotatable bonds is 3. The van der Waals surface area contributed by atoms with Crippen LogP contribution in [0.1, 0.15) is 44.6 Å². The van der Waals surface area contributed by atoms with Crippen LogP contribution in [0.15, 0.2) is 12.4 Å². The predicted molar refractivity (Wildman–Crippen MR) is 67.2 cm³/mol. The highest BCUT2D eigenvalue weighted by Crippen LogP contribution is 2.42. The Hall–Kier alpha value is -1.30. The van der Waals surface area contributed by atoms with Crippen LogP contribution in [0.2, 0.25) is 0 Å². The Bertz CT molecular complexity index is 415. The summed E-state index contributed by atoms with van der Waals surface area (Å²) in [5.41, 5.74) is 1.06. The predicted octanol–water partition coefficient (Wildman–Crippen LogP) is 3.07. The second-order valence-electron chi connectivity index (χ2n) is 5.46. The first-order chi connectivity index (χ1) is 8.17. The maximum Gasteiger partial charge on any atom is 0.0693 e. The summed E-state index contributed by atoms with van der Waals surface area (Å²) in [6, 6.07) is 2.60. The Morgan fingerprint density at radius 2 is 2.47 bits per heavy atom. The van der Waals surface area contributed by atoms with Gasteiger partial charge in [-0.25, -0.2) is 0 Å². The third-order valence-electron chi connectivity index (χ3n) is 4.06. The number of nitriles is 1. The van der Waals surface area contributed by atoms with Crippen molar-refractivity contribution in [3.63, 3.8) is 0 Å². The van der Waals surface area contributed by atoms with Crippen LogP contribution in [0.4, 0.5) is 0 Å². The molecular weight excluding hydrogens is 210 g/mol. The van der Waals surface area contributed by atoms with Crippen molar-refractivity contribution in [2.24, 2.45) is 18.4 Å². The Balaban J connectivity index is 2.12. The fourth-order valence-electron chi connectivity index (χ4n) is 3.09. The van der Waals surface area contributed by atoms with Gasteiger partial charge in [-0.05, 0) is 30.7 Å². The van der Waals surface area contributed by atoms with Crippen LogP contribution < -0.4 is 0 Å². The standard InChI is InChI=1S/C14H21N3/c1-3-12-5-4-6-14(7-12,11-15)8-13-9-16-17(2)10-13/h9-10,12H,3-8H2,1-2H3. The highest BCUT2D eigenvalue weighted by atomic mass is 15.2. The van der Waals surface area contributed by atoms with Crippen molar-refractivity contribution in [2.45, 2.75) is 45.4 Å². The smallest absolute Gasteiger partial charge is 0.0693 e. The summed E-state index contributed by atoms with van der Waals surface area (Å²) in [7, 11) is 1.93. The zero-order valence-corrected chi connectivity index (χ0v) is 10.8. The van der Waals surface area contributed by atoms with E-state index in [9.17, 15) is 5.26 Å². The molecule has 0 amide bonds. The molecule has 0 spiro atoms. The van der Waals surface area contributed by atoms with E-state index >= 15 is 0 Å². The van der Waals surface area contributed by atoms with Gasteiger partial charge in [0.25, 0.3) is 0 Å². The lowest BCUT2D eigenvalue weighted by molar-refractivity contribution is 0.194. The quantitative estimate of drug-likeness (QED) is 0.802. The molecule has 1 aromatic rings. The minimum atomic E-state index is -0.137. The van der Waals surface area contributed by atoms with Gasteiger partial charge in [0.1, 0.15) is 0 Å². The van der Waals surface area contributed by atoms with Crippen molar-refractivity contribution in [3.8, 4) is 6.07 Å². The second-order valence-corrected chi connectivity index (χ2v) is 5.46. The molecule has 2 rings (SSSR count). The number of aryl methyl sites for hydroxylation is 1. The van der Waals surface area contributed by atoms with Crippen molar-refractivity contribution in [1.82, 2.24) is 9.78 Å². The first-order valence-electron chi connectivity index (χ1n) is 6.56. The van der Waals surface area contributed by atoms with E-state index in [0.717, 1.165) is 25.2 Å². The molecule has 0 aliphatic heterocycles. The van der Waals surface area contributed by atoms with Gasteiger partial charge in [0.2, 0.25) is 0 Å². The monoisotopic (exact) mass is 231 g/mol. The third kappa shape index (κ3) is 2.69. The SMILES string of the molecule is CCC1CCCC(C#N)(Cc2cnn(C)c2)C1. The maximum atomic E-state index is 9.55. The van der Waals surface area contributed by atoms with E-state index in [1.54, 1.807) is 0 Å². The van der Waals surface area contributed by atoms with Crippen LogP contribution in [0, 0.1) is 22.7 Å². The van der Waals surface area contributed by atoms with Crippen molar-refractivity contribution >= 4 is 0 Å². The number of aromatic nitrogens is 2. The van der Waals surface area contributed by atoms with Crippen LogP contribution >= 0.6 is 0 Å². The van der Waals surface area contributed by atoms with E-state index in [4.69, 9.17) is 0 Å². The molecule has 0 saturated heterocycles. The van der Waals surface area contributed by atoms with E-state index in [0.29, 0.717) is 0 Å². The summed E-state index contributed by atoms with van der Waals surface area (Å²) in [6.45, 7) is 2.24. The lowest BCUT2D eigenvalue weighted by Gasteiger charge is -2.35. The summed E-state index contributed by atoms with van der Waals surface area (Å²) < 4.78 is 1.82. The molecule has 2 atom stereocenters. The zero-order valence-electron chi connectivity index (χ0n) is 10.8. The summed E-state index contributed by atoms with van der Waals surface area (Å²) in [6.07, 6.45) is 10.6. The minimum Gasteiger partial charge on any atom is -0.276 e. The van der Waals surface area contributed by atoms with Crippen molar-refractivity contribution in [2.75, 3.05) is 0 Å². The van der Waals surface area contributed by atoms with Gasteiger partial charge in [0.05, 0.1) is 17.7 Å². The normalized spacial score (nSPS) is 28.9. The Kier molecular flexibility index (Phi) is 3.51. The molecule has 2 unspecified atom stereocenters. The lowest BCUT2D eigenvalue weighted by Crippen LogP contribution is -2.29. The van der Waals surface area contributed by atoms with Gasteiger partial charge in [-0.1, -0.05) is 26.2 Å². The van der Waals surface area contributed by atoms with Crippen LogP contribution in [0.5, 0.6) is 0 Å². The molecule has 3 heteroatoms. The molecule has 0 N–H and O–H groups in total. The number of hydrogen-bond donors (Lipinski definition) is 0. The Morgan fingerprint density at radius 1 is 1.65 bits per heavy atom. The molecule has 92 valence electrons. The topological polar surface area (TPSA) is 41.6 Å². The molecule has 17 heavy (non-hydrogen) atoms. The van der Waals surface area contributed by atoms with Gasteiger partial charge in [-0.15, -0.1) is 0 Å². The molecule has 0 radical (unpaired) electrons. The fourth-order valence-corrected chi connectivity index (χ4v) is 3.09. The van der Waals surface area contributed by atoms with Gasteiger partial charge in [0.15, 0.2) is 0 Å². The molecule has 1 aliphatic rings. The van der Waals surface area contributed by atoms with E-state index in [1.807, 2.05) is 24.1 Å². The van der Waals surface area contributed by atoms with E-state index in [2.05, 4.69) is 18.1 Å². The maximum absolute atomic E-state index is 9.55. The largest absolute Gasteiger partial charge is 0.276 e. The molecular formula is C14H21N3. The molecule has 1 aliphatic carbocycles. The van der Waals surface area contributed by atoms with Crippen LogP contribution in [-0.4, -0.2) is 9.78 Å². The minimum absolute atomic E-state index is 0.137. The van der Waals surface area contributed by atoms with Crippen LogP contribution in [0.3, 0.4) is 0 Å². The molecule has 0 aromatic carbocycles. The van der Waals surface area contributed by atoms with Crippen LogP contribution in [0.25, 0.3) is 0 Å². The van der Waals surface area contributed by atoms with E-state index in [1.165, 1.54) is 24.8 Å². The molecule has 0 bridgehead atoms. The van der Waals surface area contributed by atoms with Gasteiger partial charge >= 0.3 is 0 Å². The zero-order chi connectivity index (χ0) is 12.3. The molecule has 1 saturated carbocycles. The highest BCUT2D eigenvalue weighted by Gasteiger charge is 2.36. The molecule has 1 fully saturated rings. The summed E-state index contributed by atoms with van der Waals surface area (Å²) in [5, 5.41) is 13.7. The first kappa shape index (κ1) is 12.2. The Morgan fingerprint density at radius 3 is 3.06 bits per heavy atom. The second kappa shape index (κ2) is 4.91. The average Bonchev–Trinajstić information content (AvgIpc) is 2.75. The lowest BCUT2D eigenvalue weighted by atomic mass is 9.67. The van der Waals surface area contributed by atoms with Crippen molar-refractivity contribution < 1.29 is 0 Å². The van der Waals surface area contributed by atoms with Gasteiger partial charge < -0.3 is 0 Å². The average molecular weight is 231 g/mol. The summed E-state index contributed by atoms with van der Waals surface area (Å²) in [5.74, 6) is 0.736. The summed E-state index contributed by atoms with van der Waals surface area (Å²) >= 11 is 0. The number of nitrogens with zero attached hydrogens (tertiary/aromatic N) is 3.